The van der Waals surface area contributed by atoms with E-state index < -0.39 is 29.6 Å². The number of amides is 1. The van der Waals surface area contributed by atoms with Gasteiger partial charge in [-0.1, -0.05) is 15.9 Å². The molecule has 110 valence electrons. The van der Waals surface area contributed by atoms with Crippen LogP contribution in [0.4, 0.5) is 8.78 Å². The number of halogens is 3. The van der Waals surface area contributed by atoms with Crippen molar-refractivity contribution in [3.63, 3.8) is 0 Å². The zero-order chi connectivity index (χ0) is 15.3. The first-order chi connectivity index (χ1) is 9.35. The second kappa shape index (κ2) is 7.18. The molecular formula is C12H12BrF2NO4. The van der Waals surface area contributed by atoms with Gasteiger partial charge in [-0.3, -0.25) is 4.79 Å². The van der Waals surface area contributed by atoms with Crippen molar-refractivity contribution < 1.29 is 27.8 Å². The molecule has 0 radical (unpaired) electrons. The van der Waals surface area contributed by atoms with Gasteiger partial charge >= 0.3 is 5.97 Å². The third kappa shape index (κ3) is 4.44. The van der Waals surface area contributed by atoms with Gasteiger partial charge in [0.05, 0.1) is 7.11 Å². The number of hydrogen-bond acceptors (Lipinski definition) is 4. The van der Waals surface area contributed by atoms with Crippen LogP contribution >= 0.6 is 15.9 Å². The monoisotopic (exact) mass is 351 g/mol. The Balaban J connectivity index is 2.82. The number of rotatable bonds is 5. The third-order valence-electron chi connectivity index (χ3n) is 2.23. The molecule has 0 aliphatic heterocycles. The summed E-state index contributed by atoms with van der Waals surface area (Å²) in [7, 11) is 1.14. The summed E-state index contributed by atoms with van der Waals surface area (Å²) < 4.78 is 36.4. The summed E-state index contributed by atoms with van der Waals surface area (Å²) in [5.41, 5.74) is 0. The van der Waals surface area contributed by atoms with E-state index in [2.05, 4.69) is 26.0 Å². The third-order valence-corrected chi connectivity index (χ3v) is 2.69. The fourth-order valence-corrected chi connectivity index (χ4v) is 1.78. The Bertz CT molecular complexity index is 524. The van der Waals surface area contributed by atoms with Gasteiger partial charge in [0.25, 0.3) is 0 Å². The second-order valence-corrected chi connectivity index (χ2v) is 4.70. The average molecular weight is 352 g/mol. The number of ether oxygens (including phenoxy) is 2. The number of hydrogen-bond donors (Lipinski definition) is 1. The van der Waals surface area contributed by atoms with E-state index >= 15 is 0 Å². The standard InChI is InChI=1S/C12H12BrF2NO4/c1-6(17)16-9(12(18)19-2)5-20-10-4-7(13)3-8(14)11(10)15/h3-4,9H,5H2,1-2H3,(H,16,17). The van der Waals surface area contributed by atoms with Crippen LogP contribution in [-0.4, -0.2) is 31.6 Å². The van der Waals surface area contributed by atoms with Crippen LogP contribution in [0.3, 0.4) is 0 Å². The number of esters is 1. The molecule has 1 aromatic carbocycles. The molecule has 0 bridgehead atoms. The van der Waals surface area contributed by atoms with Crippen LogP contribution in [0.5, 0.6) is 5.75 Å². The average Bonchev–Trinajstić information content (AvgIpc) is 2.38. The van der Waals surface area contributed by atoms with Gasteiger partial charge in [-0.2, -0.15) is 4.39 Å². The molecule has 0 spiro atoms. The molecule has 0 saturated carbocycles. The summed E-state index contributed by atoms with van der Waals surface area (Å²) in [6.45, 7) is 0.814. The van der Waals surface area contributed by atoms with Crippen LogP contribution in [-0.2, 0) is 14.3 Å². The first-order valence-electron chi connectivity index (χ1n) is 5.47. The van der Waals surface area contributed by atoms with Crippen molar-refractivity contribution in [1.82, 2.24) is 5.32 Å². The minimum Gasteiger partial charge on any atom is -0.488 e. The Morgan fingerprint density at radius 2 is 2.05 bits per heavy atom. The van der Waals surface area contributed by atoms with Gasteiger partial charge in [-0.25, -0.2) is 9.18 Å². The molecule has 1 rings (SSSR count). The zero-order valence-corrected chi connectivity index (χ0v) is 12.3. The predicted octanol–water partition coefficient (Wildman–Crippen LogP) is 1.78. The number of carbonyl (C=O) groups is 2. The predicted molar refractivity (Wildman–Crippen MR) is 69.2 cm³/mol. The highest BCUT2D eigenvalue weighted by Gasteiger charge is 2.22. The zero-order valence-electron chi connectivity index (χ0n) is 10.7. The highest BCUT2D eigenvalue weighted by molar-refractivity contribution is 9.10. The van der Waals surface area contributed by atoms with Gasteiger partial charge in [0.15, 0.2) is 17.6 Å². The van der Waals surface area contributed by atoms with Crippen molar-refractivity contribution in [3.05, 3.63) is 28.2 Å². The van der Waals surface area contributed by atoms with Crippen molar-refractivity contribution >= 4 is 27.8 Å². The highest BCUT2D eigenvalue weighted by atomic mass is 79.9. The number of benzene rings is 1. The Morgan fingerprint density at radius 1 is 1.40 bits per heavy atom. The maximum absolute atomic E-state index is 13.5. The lowest BCUT2D eigenvalue weighted by Crippen LogP contribution is -2.44. The van der Waals surface area contributed by atoms with Crippen LogP contribution in [0.25, 0.3) is 0 Å². The molecule has 0 aliphatic carbocycles. The lowest BCUT2D eigenvalue weighted by molar-refractivity contribution is -0.145. The largest absolute Gasteiger partial charge is 0.488 e. The second-order valence-electron chi connectivity index (χ2n) is 3.79. The molecule has 1 unspecified atom stereocenters. The molecule has 0 aromatic heterocycles. The van der Waals surface area contributed by atoms with Crippen LogP contribution < -0.4 is 10.1 Å². The number of carbonyl (C=O) groups excluding carboxylic acids is 2. The summed E-state index contributed by atoms with van der Waals surface area (Å²) in [5.74, 6) is -3.89. The lowest BCUT2D eigenvalue weighted by atomic mass is 10.3. The van der Waals surface area contributed by atoms with E-state index in [1.54, 1.807) is 0 Å². The molecule has 1 atom stereocenters. The number of nitrogens with one attached hydrogen (secondary N) is 1. The molecule has 5 nitrogen and oxygen atoms in total. The minimum atomic E-state index is -1.18. The smallest absolute Gasteiger partial charge is 0.331 e. The van der Waals surface area contributed by atoms with E-state index in [1.165, 1.54) is 13.0 Å². The maximum Gasteiger partial charge on any atom is 0.331 e. The molecule has 0 aliphatic rings. The normalized spacial score (nSPS) is 11.7. The van der Waals surface area contributed by atoms with Crippen LogP contribution in [0, 0.1) is 11.6 Å². The maximum atomic E-state index is 13.5. The summed E-state index contributed by atoms with van der Waals surface area (Å²) in [4.78, 5) is 22.3. The summed E-state index contributed by atoms with van der Waals surface area (Å²) >= 11 is 2.99. The van der Waals surface area contributed by atoms with Crippen molar-refractivity contribution in [2.75, 3.05) is 13.7 Å². The summed E-state index contributed by atoms with van der Waals surface area (Å²) in [5, 5.41) is 2.28. The first-order valence-corrected chi connectivity index (χ1v) is 6.26. The van der Waals surface area contributed by atoms with E-state index in [1.807, 2.05) is 0 Å². The Labute approximate surface area is 122 Å². The van der Waals surface area contributed by atoms with Gasteiger partial charge in [0.1, 0.15) is 6.61 Å². The fraction of sp³-hybridized carbons (Fsp3) is 0.333. The fourth-order valence-electron chi connectivity index (χ4n) is 1.37. The minimum absolute atomic E-state index is 0.278. The molecule has 1 N–H and O–H groups in total. The van der Waals surface area contributed by atoms with E-state index in [-0.39, 0.29) is 16.8 Å². The molecule has 8 heteroatoms. The van der Waals surface area contributed by atoms with Crippen molar-refractivity contribution in [3.8, 4) is 5.75 Å². The van der Waals surface area contributed by atoms with E-state index in [0.717, 1.165) is 13.2 Å². The van der Waals surface area contributed by atoms with Crippen molar-refractivity contribution in [1.29, 1.82) is 0 Å². The van der Waals surface area contributed by atoms with Crippen LogP contribution in [0.1, 0.15) is 6.92 Å². The van der Waals surface area contributed by atoms with Gasteiger partial charge in [-0.15, -0.1) is 0 Å². The Hall–Kier alpha value is -1.70. The topological polar surface area (TPSA) is 64.6 Å². The first kappa shape index (κ1) is 16.4. The molecular weight excluding hydrogens is 340 g/mol. The summed E-state index contributed by atoms with van der Waals surface area (Å²) in [6, 6.07) is 1.04. The van der Waals surface area contributed by atoms with E-state index in [4.69, 9.17) is 4.74 Å². The molecule has 0 saturated heterocycles. The summed E-state index contributed by atoms with van der Waals surface area (Å²) in [6.07, 6.45) is 0. The molecule has 1 aromatic rings. The Morgan fingerprint density at radius 3 is 2.60 bits per heavy atom. The molecule has 0 fully saturated rings. The number of methoxy groups -OCH3 is 1. The van der Waals surface area contributed by atoms with Gasteiger partial charge in [0.2, 0.25) is 11.7 Å². The highest BCUT2D eigenvalue weighted by Crippen LogP contribution is 2.25. The SMILES string of the molecule is COC(=O)C(COc1cc(Br)cc(F)c1F)NC(C)=O. The van der Waals surface area contributed by atoms with Gasteiger partial charge in [-0.05, 0) is 12.1 Å². The van der Waals surface area contributed by atoms with Gasteiger partial charge in [0, 0.05) is 11.4 Å². The van der Waals surface area contributed by atoms with Crippen molar-refractivity contribution in [2.24, 2.45) is 0 Å². The molecule has 1 amide bonds. The lowest BCUT2D eigenvalue weighted by Gasteiger charge is -2.16. The van der Waals surface area contributed by atoms with E-state index in [0.29, 0.717) is 0 Å². The quantitative estimate of drug-likeness (QED) is 0.648. The van der Waals surface area contributed by atoms with Gasteiger partial charge < -0.3 is 14.8 Å². The van der Waals surface area contributed by atoms with Crippen molar-refractivity contribution in [2.45, 2.75) is 13.0 Å². The Kier molecular flexibility index (Phi) is 5.87. The van der Waals surface area contributed by atoms with Crippen LogP contribution in [0.2, 0.25) is 0 Å². The molecule has 20 heavy (non-hydrogen) atoms. The van der Waals surface area contributed by atoms with Crippen LogP contribution in [0.15, 0.2) is 16.6 Å². The molecule has 0 heterocycles. The van der Waals surface area contributed by atoms with E-state index in [9.17, 15) is 18.4 Å².